The molecule has 0 aromatic heterocycles. The van der Waals surface area contributed by atoms with Crippen LogP contribution in [0.1, 0.15) is 47.5 Å². The number of rotatable bonds is 3. The van der Waals surface area contributed by atoms with E-state index < -0.39 is 0 Å². The molecule has 0 atom stereocenters. The molecule has 0 heterocycles. The standard InChI is InChI=1S/C12H20OS/c1-8(13)9(14)6-10-11(2,3)7-12(10,4)5/h10H,6-7H2,1-5H3. The number of Topliss-reactive ketones (excluding diaryl/α,β-unsaturated/α-hetero) is 1. The van der Waals surface area contributed by atoms with E-state index in [1.54, 1.807) is 6.92 Å². The lowest BCUT2D eigenvalue weighted by atomic mass is 9.47. The van der Waals surface area contributed by atoms with Gasteiger partial charge in [-0.05, 0) is 36.5 Å². The Hall–Kier alpha value is -0.240. The van der Waals surface area contributed by atoms with Crippen LogP contribution in [-0.4, -0.2) is 10.6 Å². The van der Waals surface area contributed by atoms with Gasteiger partial charge in [-0.15, -0.1) is 0 Å². The van der Waals surface area contributed by atoms with Gasteiger partial charge in [0.15, 0.2) is 5.78 Å². The third-order valence-corrected chi connectivity index (χ3v) is 4.03. The fraction of sp³-hybridized carbons (Fsp3) is 0.833. The van der Waals surface area contributed by atoms with Crippen LogP contribution in [0, 0.1) is 16.7 Å². The predicted octanol–water partition coefficient (Wildman–Crippen LogP) is 3.41. The van der Waals surface area contributed by atoms with Crippen molar-refractivity contribution in [2.45, 2.75) is 47.5 Å². The minimum absolute atomic E-state index is 0.0681. The Morgan fingerprint density at radius 1 is 1.29 bits per heavy atom. The monoisotopic (exact) mass is 212 g/mol. The van der Waals surface area contributed by atoms with Gasteiger partial charge in [0.2, 0.25) is 0 Å². The highest BCUT2D eigenvalue weighted by atomic mass is 32.1. The molecule has 0 amide bonds. The van der Waals surface area contributed by atoms with Crippen LogP contribution in [0.15, 0.2) is 0 Å². The zero-order valence-electron chi connectivity index (χ0n) is 9.81. The summed E-state index contributed by atoms with van der Waals surface area (Å²) in [5.41, 5.74) is 0.700. The quantitative estimate of drug-likeness (QED) is 0.667. The Morgan fingerprint density at radius 3 is 2.00 bits per heavy atom. The Bertz CT molecular complexity index is 262. The Kier molecular flexibility index (Phi) is 2.88. The first-order valence-corrected chi connectivity index (χ1v) is 5.61. The van der Waals surface area contributed by atoms with E-state index in [9.17, 15) is 4.79 Å². The normalized spacial score (nSPS) is 24.1. The largest absolute Gasteiger partial charge is 0.294 e. The molecule has 0 saturated heterocycles. The summed E-state index contributed by atoms with van der Waals surface area (Å²) in [6.07, 6.45) is 2.02. The minimum Gasteiger partial charge on any atom is -0.294 e. The molecule has 0 radical (unpaired) electrons. The SMILES string of the molecule is CC(=O)C(=S)CC1C(C)(C)CC1(C)C. The van der Waals surface area contributed by atoms with Crippen LogP contribution >= 0.6 is 12.2 Å². The summed E-state index contributed by atoms with van der Waals surface area (Å²) >= 11 is 5.11. The van der Waals surface area contributed by atoms with Crippen LogP contribution in [0.4, 0.5) is 0 Å². The van der Waals surface area contributed by atoms with Gasteiger partial charge >= 0.3 is 0 Å². The van der Waals surface area contributed by atoms with Gasteiger partial charge in [0.25, 0.3) is 0 Å². The number of ketones is 1. The smallest absolute Gasteiger partial charge is 0.166 e. The molecule has 1 aliphatic carbocycles. The number of carbonyl (C=O) groups is 1. The van der Waals surface area contributed by atoms with Crippen LogP contribution in [0.5, 0.6) is 0 Å². The third-order valence-electron chi connectivity index (χ3n) is 3.58. The van der Waals surface area contributed by atoms with Crippen LogP contribution in [0.25, 0.3) is 0 Å². The highest BCUT2D eigenvalue weighted by Gasteiger charge is 2.52. The van der Waals surface area contributed by atoms with Gasteiger partial charge < -0.3 is 0 Å². The molecule has 0 spiro atoms. The molecular formula is C12H20OS. The van der Waals surface area contributed by atoms with Crippen molar-refractivity contribution < 1.29 is 4.79 Å². The van der Waals surface area contributed by atoms with Crippen molar-refractivity contribution in [3.05, 3.63) is 0 Å². The molecule has 2 heteroatoms. The molecule has 1 fully saturated rings. The number of hydrogen-bond acceptors (Lipinski definition) is 2. The third kappa shape index (κ3) is 2.05. The molecule has 1 rings (SSSR count). The van der Waals surface area contributed by atoms with Crippen LogP contribution in [-0.2, 0) is 4.79 Å². The maximum absolute atomic E-state index is 11.1. The van der Waals surface area contributed by atoms with Gasteiger partial charge in [0, 0.05) is 0 Å². The second kappa shape index (κ2) is 3.41. The van der Waals surface area contributed by atoms with Crippen LogP contribution < -0.4 is 0 Å². The molecule has 0 unspecified atom stereocenters. The van der Waals surface area contributed by atoms with E-state index in [0.717, 1.165) is 6.42 Å². The van der Waals surface area contributed by atoms with E-state index in [4.69, 9.17) is 12.2 Å². The molecule has 14 heavy (non-hydrogen) atoms. The molecule has 80 valence electrons. The fourth-order valence-corrected chi connectivity index (χ4v) is 3.40. The zero-order chi connectivity index (χ0) is 11.1. The number of carbonyl (C=O) groups excluding carboxylic acids is 1. The van der Waals surface area contributed by atoms with Crippen molar-refractivity contribution in [2.24, 2.45) is 16.7 Å². The van der Waals surface area contributed by atoms with Gasteiger partial charge in [-0.25, -0.2) is 0 Å². The van der Waals surface area contributed by atoms with E-state index in [1.165, 1.54) is 6.42 Å². The highest BCUT2D eigenvalue weighted by molar-refractivity contribution is 7.82. The van der Waals surface area contributed by atoms with Gasteiger partial charge in [0.1, 0.15) is 0 Å². The van der Waals surface area contributed by atoms with E-state index in [0.29, 0.717) is 21.6 Å². The highest BCUT2D eigenvalue weighted by Crippen LogP contribution is 2.60. The maximum Gasteiger partial charge on any atom is 0.166 e. The summed E-state index contributed by atoms with van der Waals surface area (Å²) in [7, 11) is 0. The first-order valence-electron chi connectivity index (χ1n) is 5.20. The summed E-state index contributed by atoms with van der Waals surface area (Å²) in [4.78, 5) is 11.7. The molecule has 0 aromatic carbocycles. The second-order valence-corrected chi connectivity index (χ2v) is 6.38. The number of thiocarbonyl (C=S) groups is 1. The zero-order valence-corrected chi connectivity index (χ0v) is 10.6. The van der Waals surface area contributed by atoms with E-state index in [1.807, 2.05) is 0 Å². The predicted molar refractivity (Wildman–Crippen MR) is 63.6 cm³/mol. The Labute approximate surface area is 92.3 Å². The van der Waals surface area contributed by atoms with Gasteiger partial charge in [-0.3, -0.25) is 4.79 Å². The summed E-state index contributed by atoms with van der Waals surface area (Å²) in [6.45, 7) is 10.6. The first-order chi connectivity index (χ1) is 6.17. The summed E-state index contributed by atoms with van der Waals surface area (Å²) in [5.74, 6) is 0.630. The van der Waals surface area contributed by atoms with E-state index in [-0.39, 0.29) is 5.78 Å². The minimum atomic E-state index is 0.0681. The van der Waals surface area contributed by atoms with Gasteiger partial charge in [-0.1, -0.05) is 39.9 Å². The van der Waals surface area contributed by atoms with Crippen LogP contribution in [0.2, 0.25) is 0 Å². The second-order valence-electron chi connectivity index (χ2n) is 5.89. The molecule has 0 bridgehead atoms. The first kappa shape index (κ1) is 11.8. The van der Waals surface area contributed by atoms with Crippen molar-refractivity contribution >= 4 is 22.9 Å². The van der Waals surface area contributed by atoms with Gasteiger partial charge in [0.05, 0.1) is 4.86 Å². The topological polar surface area (TPSA) is 17.1 Å². The average molecular weight is 212 g/mol. The maximum atomic E-state index is 11.1. The van der Waals surface area contributed by atoms with Crippen molar-refractivity contribution in [3.8, 4) is 0 Å². The van der Waals surface area contributed by atoms with Crippen molar-refractivity contribution in [3.63, 3.8) is 0 Å². The van der Waals surface area contributed by atoms with Crippen molar-refractivity contribution in [1.82, 2.24) is 0 Å². The molecule has 0 aromatic rings. The average Bonchev–Trinajstić information content (AvgIpc) is 1.96. The summed E-state index contributed by atoms with van der Waals surface area (Å²) in [5, 5.41) is 0. The fourth-order valence-electron chi connectivity index (χ4n) is 3.23. The van der Waals surface area contributed by atoms with Crippen LogP contribution in [0.3, 0.4) is 0 Å². The lowest BCUT2D eigenvalue weighted by molar-refractivity contribution is -0.111. The summed E-state index contributed by atoms with van der Waals surface area (Å²) < 4.78 is 0. The lowest BCUT2D eigenvalue weighted by Gasteiger charge is -2.58. The molecule has 1 nitrogen and oxygen atoms in total. The Balaban J connectivity index is 2.68. The molecular weight excluding hydrogens is 192 g/mol. The van der Waals surface area contributed by atoms with Gasteiger partial charge in [-0.2, -0.15) is 0 Å². The summed E-state index contributed by atoms with van der Waals surface area (Å²) in [6, 6.07) is 0. The van der Waals surface area contributed by atoms with E-state index in [2.05, 4.69) is 27.7 Å². The molecule has 0 aliphatic heterocycles. The number of hydrogen-bond donors (Lipinski definition) is 0. The molecule has 1 aliphatic rings. The lowest BCUT2D eigenvalue weighted by Crippen LogP contribution is -2.51. The Morgan fingerprint density at radius 2 is 1.71 bits per heavy atom. The molecule has 0 N–H and O–H groups in total. The molecule has 1 saturated carbocycles. The van der Waals surface area contributed by atoms with E-state index >= 15 is 0 Å². The van der Waals surface area contributed by atoms with Crippen molar-refractivity contribution in [1.29, 1.82) is 0 Å². The van der Waals surface area contributed by atoms with Crippen molar-refractivity contribution in [2.75, 3.05) is 0 Å².